The van der Waals surface area contributed by atoms with Gasteiger partial charge in [0.2, 0.25) is 0 Å². The summed E-state index contributed by atoms with van der Waals surface area (Å²) in [4.78, 5) is 22.1. The summed E-state index contributed by atoms with van der Waals surface area (Å²) < 4.78 is 12.9. The fourth-order valence-electron chi connectivity index (χ4n) is 1.54. The van der Waals surface area contributed by atoms with Gasteiger partial charge in [0.15, 0.2) is 0 Å². The van der Waals surface area contributed by atoms with Gasteiger partial charge in [-0.1, -0.05) is 0 Å². The average Bonchev–Trinajstić information content (AvgIpc) is 2.37. The number of nitriles is 1. The number of urea groups is 1. The molecule has 0 fully saturated rings. The lowest BCUT2D eigenvalue weighted by molar-refractivity contribution is -0.141. The molecule has 112 valence electrons. The minimum Gasteiger partial charge on any atom is -0.481 e. The topological polar surface area (TPSA) is 122 Å². The number of hydrogen-bond acceptors (Lipinski definition) is 4. The Labute approximate surface area is 120 Å². The number of halogens is 1. The fraction of sp³-hybridized carbons (Fsp3) is 0.308. The van der Waals surface area contributed by atoms with Crippen LogP contribution in [0.4, 0.5) is 14.9 Å². The number of aliphatic hydroxyl groups is 1. The van der Waals surface area contributed by atoms with E-state index in [9.17, 15) is 19.1 Å². The molecule has 21 heavy (non-hydrogen) atoms. The monoisotopic (exact) mass is 295 g/mol. The number of anilines is 1. The summed E-state index contributed by atoms with van der Waals surface area (Å²) in [7, 11) is 0. The van der Waals surface area contributed by atoms with Gasteiger partial charge in [0.25, 0.3) is 0 Å². The number of carboxylic acid groups (broad SMARTS) is 1. The van der Waals surface area contributed by atoms with Gasteiger partial charge in [0.05, 0.1) is 23.3 Å². The van der Waals surface area contributed by atoms with Gasteiger partial charge < -0.3 is 20.8 Å². The number of rotatable bonds is 5. The van der Waals surface area contributed by atoms with Crippen LogP contribution in [0.2, 0.25) is 0 Å². The third-order valence-electron chi connectivity index (χ3n) is 2.51. The second kappa shape index (κ2) is 6.67. The van der Waals surface area contributed by atoms with Crippen molar-refractivity contribution in [2.45, 2.75) is 18.9 Å². The summed E-state index contributed by atoms with van der Waals surface area (Å²) >= 11 is 0. The predicted octanol–water partition coefficient (Wildman–Crippen LogP) is 1.04. The van der Waals surface area contributed by atoms with Crippen LogP contribution in [-0.2, 0) is 4.79 Å². The maximum Gasteiger partial charge on any atom is 0.319 e. The minimum absolute atomic E-state index is 0.0533. The van der Waals surface area contributed by atoms with Crippen molar-refractivity contribution in [1.82, 2.24) is 5.32 Å². The zero-order chi connectivity index (χ0) is 16.0. The van der Waals surface area contributed by atoms with Crippen LogP contribution < -0.4 is 10.6 Å². The van der Waals surface area contributed by atoms with Crippen LogP contribution in [0.15, 0.2) is 18.2 Å². The van der Waals surface area contributed by atoms with E-state index in [0.29, 0.717) is 0 Å². The van der Waals surface area contributed by atoms with Crippen LogP contribution >= 0.6 is 0 Å². The Hall–Kier alpha value is -2.66. The van der Waals surface area contributed by atoms with Crippen molar-refractivity contribution in [3.05, 3.63) is 29.6 Å². The van der Waals surface area contributed by atoms with Crippen molar-refractivity contribution in [3.8, 4) is 6.07 Å². The molecule has 0 aliphatic heterocycles. The van der Waals surface area contributed by atoms with Crippen molar-refractivity contribution in [3.63, 3.8) is 0 Å². The molecule has 8 heteroatoms. The molecule has 4 N–H and O–H groups in total. The molecule has 0 aliphatic rings. The van der Waals surface area contributed by atoms with E-state index < -0.39 is 29.8 Å². The van der Waals surface area contributed by atoms with Crippen LogP contribution in [-0.4, -0.2) is 34.4 Å². The van der Waals surface area contributed by atoms with E-state index in [4.69, 9.17) is 10.4 Å². The largest absolute Gasteiger partial charge is 0.481 e. The molecule has 1 aromatic carbocycles. The van der Waals surface area contributed by atoms with E-state index in [1.807, 2.05) is 0 Å². The number of carboxylic acids is 1. The van der Waals surface area contributed by atoms with Crippen molar-refractivity contribution < 1.29 is 24.2 Å². The number of hydrogen-bond donors (Lipinski definition) is 4. The summed E-state index contributed by atoms with van der Waals surface area (Å²) in [5.41, 5.74) is -1.55. The summed E-state index contributed by atoms with van der Waals surface area (Å²) in [5.74, 6) is -1.81. The molecule has 0 saturated heterocycles. The highest BCUT2D eigenvalue weighted by Crippen LogP contribution is 2.16. The van der Waals surface area contributed by atoms with E-state index in [2.05, 4.69) is 10.6 Å². The number of nitrogens with zero attached hydrogens (tertiary/aromatic N) is 1. The Balaban J connectivity index is 2.63. The molecule has 0 heterocycles. The Morgan fingerprint density at radius 3 is 2.71 bits per heavy atom. The molecule has 0 radical (unpaired) electrons. The van der Waals surface area contributed by atoms with E-state index in [0.717, 1.165) is 12.1 Å². The minimum atomic E-state index is -1.61. The van der Waals surface area contributed by atoms with Gasteiger partial charge in [0.1, 0.15) is 11.9 Å². The number of aliphatic carboxylic acids is 1. The molecule has 1 unspecified atom stereocenters. The van der Waals surface area contributed by atoms with Crippen LogP contribution in [0, 0.1) is 17.1 Å². The van der Waals surface area contributed by atoms with Crippen molar-refractivity contribution >= 4 is 17.7 Å². The zero-order valence-electron chi connectivity index (χ0n) is 11.2. The molecule has 7 nitrogen and oxygen atoms in total. The van der Waals surface area contributed by atoms with Crippen LogP contribution in [0.3, 0.4) is 0 Å². The molecule has 0 bridgehead atoms. The summed E-state index contributed by atoms with van der Waals surface area (Å²) in [6.45, 7) is 0.966. The molecule has 0 aliphatic carbocycles. The van der Waals surface area contributed by atoms with Crippen molar-refractivity contribution in [2.75, 3.05) is 11.9 Å². The van der Waals surface area contributed by atoms with E-state index in [-0.39, 0.29) is 17.8 Å². The highest BCUT2D eigenvalue weighted by Gasteiger charge is 2.24. The number of amides is 2. The quantitative estimate of drug-likeness (QED) is 0.646. The number of carbonyl (C=O) groups excluding carboxylic acids is 1. The first kappa shape index (κ1) is 16.4. The number of benzene rings is 1. The van der Waals surface area contributed by atoms with Crippen LogP contribution in [0.5, 0.6) is 0 Å². The fourth-order valence-corrected chi connectivity index (χ4v) is 1.54. The average molecular weight is 295 g/mol. The van der Waals surface area contributed by atoms with Gasteiger partial charge in [-0.2, -0.15) is 5.26 Å². The first-order valence-corrected chi connectivity index (χ1v) is 5.92. The lowest BCUT2D eigenvalue weighted by Gasteiger charge is -2.21. The van der Waals surface area contributed by atoms with E-state index >= 15 is 0 Å². The molecule has 2 amide bonds. The number of nitrogens with one attached hydrogen (secondary N) is 2. The highest BCUT2D eigenvalue weighted by atomic mass is 19.1. The van der Waals surface area contributed by atoms with Gasteiger partial charge in [0, 0.05) is 6.54 Å². The zero-order valence-corrected chi connectivity index (χ0v) is 11.2. The van der Waals surface area contributed by atoms with Crippen molar-refractivity contribution in [2.24, 2.45) is 0 Å². The maximum absolute atomic E-state index is 12.9. The van der Waals surface area contributed by atoms with Crippen molar-refractivity contribution in [1.29, 1.82) is 5.26 Å². The SMILES string of the molecule is CC(O)(CNC(=O)Nc1ccc(F)cc1C#N)CC(=O)O. The Morgan fingerprint density at radius 1 is 1.48 bits per heavy atom. The second-order valence-corrected chi connectivity index (χ2v) is 4.68. The second-order valence-electron chi connectivity index (χ2n) is 4.68. The Morgan fingerprint density at radius 2 is 2.14 bits per heavy atom. The van der Waals surface area contributed by atoms with Gasteiger partial charge in [-0.15, -0.1) is 0 Å². The first-order valence-electron chi connectivity index (χ1n) is 5.92. The number of carbonyl (C=O) groups is 2. The maximum atomic E-state index is 12.9. The van der Waals surface area contributed by atoms with Gasteiger partial charge in [-0.3, -0.25) is 4.79 Å². The Kier molecular flexibility index (Phi) is 5.21. The van der Waals surface area contributed by atoms with Crippen LogP contribution in [0.1, 0.15) is 18.9 Å². The van der Waals surface area contributed by atoms with Crippen LogP contribution in [0.25, 0.3) is 0 Å². The lowest BCUT2D eigenvalue weighted by atomic mass is 10.0. The highest BCUT2D eigenvalue weighted by molar-refractivity contribution is 5.90. The molecule has 1 rings (SSSR count). The first-order chi connectivity index (χ1) is 9.73. The summed E-state index contributed by atoms with van der Waals surface area (Å²) in [6.07, 6.45) is -0.534. The molecular formula is C13H14FN3O4. The molecule has 0 aromatic heterocycles. The normalized spacial score (nSPS) is 12.9. The third kappa shape index (κ3) is 5.46. The molecule has 1 aromatic rings. The van der Waals surface area contributed by atoms with E-state index in [1.165, 1.54) is 13.0 Å². The smallest absolute Gasteiger partial charge is 0.319 e. The molecule has 1 atom stereocenters. The van der Waals surface area contributed by atoms with E-state index in [1.54, 1.807) is 6.07 Å². The molecule has 0 spiro atoms. The molecule has 0 saturated carbocycles. The predicted molar refractivity (Wildman–Crippen MR) is 71.0 cm³/mol. The summed E-state index contributed by atoms with van der Waals surface area (Å²) in [6, 6.07) is 4.26. The molecular weight excluding hydrogens is 281 g/mol. The standard InChI is InChI=1S/C13H14FN3O4/c1-13(21,5-11(18)19)7-16-12(20)17-10-3-2-9(14)4-8(10)6-15/h2-4,21H,5,7H2,1H3,(H,18,19)(H2,16,17,20). The summed E-state index contributed by atoms with van der Waals surface area (Å²) in [5, 5.41) is 31.7. The van der Waals surface area contributed by atoms with Gasteiger partial charge >= 0.3 is 12.0 Å². The van der Waals surface area contributed by atoms with Gasteiger partial charge in [-0.05, 0) is 25.1 Å². The third-order valence-corrected chi connectivity index (χ3v) is 2.51. The Bertz CT molecular complexity index is 596. The van der Waals surface area contributed by atoms with Gasteiger partial charge in [-0.25, -0.2) is 9.18 Å². The lowest BCUT2D eigenvalue weighted by Crippen LogP contribution is -2.43.